The van der Waals surface area contributed by atoms with E-state index in [4.69, 9.17) is 15.7 Å². The number of carbonyl (C=O) groups is 1. The summed E-state index contributed by atoms with van der Waals surface area (Å²) in [5, 5.41) is 8.57. The summed E-state index contributed by atoms with van der Waals surface area (Å²) in [6.07, 6.45) is 0.246. The Morgan fingerprint density at radius 3 is 2.52 bits per heavy atom. The van der Waals surface area contributed by atoms with E-state index in [1.165, 1.54) is 30.3 Å². The maximum Gasteiger partial charge on any atom is 0.306 e. The van der Waals surface area contributed by atoms with Gasteiger partial charge in [0.25, 0.3) is 0 Å². The Morgan fingerprint density at radius 1 is 1.22 bits per heavy atom. The van der Waals surface area contributed by atoms with Crippen LogP contribution in [0.3, 0.4) is 0 Å². The van der Waals surface area contributed by atoms with Gasteiger partial charge < -0.3 is 10.5 Å². The summed E-state index contributed by atoms with van der Waals surface area (Å²) in [5.41, 5.74) is 5.55. The fourth-order valence-corrected chi connectivity index (χ4v) is 1.95. The van der Waals surface area contributed by atoms with Crippen LogP contribution < -0.4 is 10.5 Å². The smallest absolute Gasteiger partial charge is 0.306 e. The third-order valence-electron chi connectivity index (χ3n) is 3.20. The first-order valence-electron chi connectivity index (χ1n) is 6.79. The summed E-state index contributed by atoms with van der Waals surface area (Å²) in [6.45, 7) is -0.868. The molecule has 0 unspecified atom stereocenters. The van der Waals surface area contributed by atoms with E-state index >= 15 is 0 Å². The number of nitrogens with zero attached hydrogens (tertiary/aromatic N) is 1. The second-order valence-corrected chi connectivity index (χ2v) is 4.92. The minimum atomic E-state index is -3.27. The molecular weight excluding hydrogens is 302 g/mol. The molecule has 4 nitrogen and oxygen atoms in total. The van der Waals surface area contributed by atoms with E-state index in [0.717, 1.165) is 11.6 Å². The number of amides is 1. The number of ether oxygens (including phenoxy) is 1. The lowest BCUT2D eigenvalue weighted by molar-refractivity contribution is -0.0467. The summed E-state index contributed by atoms with van der Waals surface area (Å²) < 4.78 is 33.4. The Morgan fingerprint density at radius 2 is 1.91 bits per heavy atom. The van der Waals surface area contributed by atoms with Gasteiger partial charge in [-0.15, -0.1) is 0 Å². The number of hydrogen-bond acceptors (Lipinski definition) is 3. The van der Waals surface area contributed by atoms with Crippen LogP contribution in [0.25, 0.3) is 0 Å². The minimum absolute atomic E-state index is 0.0167. The number of hydrogen-bond donors (Lipinski definition) is 1. The molecule has 2 aromatic rings. The van der Waals surface area contributed by atoms with E-state index in [1.54, 1.807) is 12.1 Å². The summed E-state index contributed by atoms with van der Waals surface area (Å²) in [4.78, 5) is 11.1. The van der Waals surface area contributed by atoms with Gasteiger partial charge in [-0.05, 0) is 29.8 Å². The van der Waals surface area contributed by atoms with Crippen molar-refractivity contribution >= 4 is 5.91 Å². The largest absolute Gasteiger partial charge is 0.487 e. The molecule has 0 aliphatic rings. The van der Waals surface area contributed by atoms with Gasteiger partial charge in [-0.25, -0.2) is 0 Å². The Hall–Kier alpha value is -2.94. The first kappa shape index (κ1) is 16.4. The number of carbonyl (C=O) groups excluding carboxylic acids is 1. The van der Waals surface area contributed by atoms with Crippen molar-refractivity contribution in [3.63, 3.8) is 0 Å². The van der Waals surface area contributed by atoms with Gasteiger partial charge in [0.15, 0.2) is 6.61 Å². The summed E-state index contributed by atoms with van der Waals surface area (Å²) in [5.74, 6) is -3.76. The zero-order valence-electron chi connectivity index (χ0n) is 12.1. The Balaban J connectivity index is 2.07. The molecule has 0 saturated heterocycles. The van der Waals surface area contributed by atoms with E-state index in [9.17, 15) is 13.6 Å². The summed E-state index contributed by atoms with van der Waals surface area (Å²) >= 11 is 0. The van der Waals surface area contributed by atoms with Crippen LogP contribution in [0.4, 0.5) is 8.78 Å². The van der Waals surface area contributed by atoms with Crippen molar-refractivity contribution < 1.29 is 18.3 Å². The second kappa shape index (κ2) is 6.88. The highest BCUT2D eigenvalue weighted by atomic mass is 19.3. The molecule has 0 aliphatic carbocycles. The molecule has 2 N–H and O–H groups in total. The predicted molar refractivity (Wildman–Crippen MR) is 80.1 cm³/mol. The second-order valence-electron chi connectivity index (χ2n) is 4.92. The van der Waals surface area contributed by atoms with Gasteiger partial charge in [0.05, 0.1) is 12.5 Å². The van der Waals surface area contributed by atoms with E-state index < -0.39 is 18.4 Å². The molecule has 0 bridgehead atoms. The molecule has 0 heterocycles. The van der Waals surface area contributed by atoms with Crippen LogP contribution in [0.15, 0.2) is 48.5 Å². The highest BCUT2D eigenvalue weighted by Gasteiger charge is 2.33. The van der Waals surface area contributed by atoms with Gasteiger partial charge in [-0.3, -0.25) is 4.79 Å². The molecule has 0 saturated carbocycles. The lowest BCUT2D eigenvalue weighted by atomic mass is 10.1. The molecular formula is C17H14F2N2O2. The van der Waals surface area contributed by atoms with Crippen molar-refractivity contribution in [1.82, 2.24) is 0 Å². The monoisotopic (exact) mass is 316 g/mol. The van der Waals surface area contributed by atoms with Gasteiger partial charge in [0, 0.05) is 11.1 Å². The molecule has 0 aliphatic heterocycles. The number of halogens is 2. The topological polar surface area (TPSA) is 76.1 Å². The first-order valence-corrected chi connectivity index (χ1v) is 6.79. The van der Waals surface area contributed by atoms with Crippen molar-refractivity contribution in [2.75, 3.05) is 6.61 Å². The SMILES string of the molecule is N#CCc1ccc(OCC(F)(F)c2cccc(C(N)=O)c2)cc1. The van der Waals surface area contributed by atoms with Crippen LogP contribution in [-0.2, 0) is 12.3 Å². The zero-order valence-corrected chi connectivity index (χ0v) is 12.1. The van der Waals surface area contributed by atoms with Crippen LogP contribution in [0.1, 0.15) is 21.5 Å². The van der Waals surface area contributed by atoms with Crippen LogP contribution >= 0.6 is 0 Å². The molecule has 2 aromatic carbocycles. The molecule has 0 aromatic heterocycles. The quantitative estimate of drug-likeness (QED) is 0.890. The maximum atomic E-state index is 14.2. The van der Waals surface area contributed by atoms with Gasteiger partial charge in [0.1, 0.15) is 5.75 Å². The number of benzene rings is 2. The van der Waals surface area contributed by atoms with E-state index in [-0.39, 0.29) is 23.3 Å². The van der Waals surface area contributed by atoms with Crippen molar-refractivity contribution in [2.24, 2.45) is 5.73 Å². The van der Waals surface area contributed by atoms with Crippen molar-refractivity contribution in [2.45, 2.75) is 12.3 Å². The lowest BCUT2D eigenvalue weighted by Crippen LogP contribution is -2.24. The Labute approximate surface area is 132 Å². The van der Waals surface area contributed by atoms with Gasteiger partial charge in [-0.1, -0.05) is 24.3 Å². The molecule has 0 spiro atoms. The van der Waals surface area contributed by atoms with Gasteiger partial charge in [0.2, 0.25) is 5.91 Å². The maximum absolute atomic E-state index is 14.2. The number of alkyl halides is 2. The van der Waals surface area contributed by atoms with Crippen molar-refractivity contribution in [3.05, 3.63) is 65.2 Å². The minimum Gasteiger partial charge on any atom is -0.487 e. The third-order valence-corrected chi connectivity index (χ3v) is 3.20. The third kappa shape index (κ3) is 4.27. The van der Waals surface area contributed by atoms with E-state index in [1.807, 2.05) is 6.07 Å². The predicted octanol–water partition coefficient (Wildman–Crippen LogP) is 3.02. The van der Waals surface area contributed by atoms with Gasteiger partial charge in [-0.2, -0.15) is 14.0 Å². The average Bonchev–Trinajstić information content (AvgIpc) is 2.55. The fourth-order valence-electron chi connectivity index (χ4n) is 1.95. The number of nitriles is 1. The normalized spacial score (nSPS) is 10.8. The fraction of sp³-hybridized carbons (Fsp3) is 0.176. The van der Waals surface area contributed by atoms with Crippen molar-refractivity contribution in [3.8, 4) is 11.8 Å². The molecule has 0 radical (unpaired) electrons. The summed E-state index contributed by atoms with van der Waals surface area (Å²) in [6, 6.07) is 13.3. The standard InChI is InChI=1S/C17H14F2N2O2/c18-17(19,14-3-1-2-13(10-14)16(21)22)11-23-15-6-4-12(5-7-15)8-9-20/h1-7,10H,8,11H2,(H2,21,22). The molecule has 0 atom stereocenters. The molecule has 1 amide bonds. The van der Waals surface area contributed by atoms with E-state index in [0.29, 0.717) is 0 Å². The van der Waals surface area contributed by atoms with Crippen LogP contribution in [-0.4, -0.2) is 12.5 Å². The van der Waals surface area contributed by atoms with Crippen LogP contribution in [0.5, 0.6) is 5.75 Å². The Bertz CT molecular complexity index is 737. The number of primary amides is 1. The van der Waals surface area contributed by atoms with Crippen LogP contribution in [0.2, 0.25) is 0 Å². The highest BCUT2D eigenvalue weighted by molar-refractivity contribution is 5.92. The zero-order chi connectivity index (χ0) is 16.9. The van der Waals surface area contributed by atoms with Crippen molar-refractivity contribution in [1.29, 1.82) is 5.26 Å². The number of rotatable bonds is 6. The Kier molecular flexibility index (Phi) is 4.91. The highest BCUT2D eigenvalue weighted by Crippen LogP contribution is 2.29. The molecule has 23 heavy (non-hydrogen) atoms. The lowest BCUT2D eigenvalue weighted by Gasteiger charge is -2.18. The van der Waals surface area contributed by atoms with Crippen LogP contribution in [0, 0.1) is 11.3 Å². The molecule has 118 valence electrons. The molecule has 0 fully saturated rings. The number of nitrogens with two attached hydrogens (primary N) is 1. The van der Waals surface area contributed by atoms with Gasteiger partial charge >= 0.3 is 5.92 Å². The first-order chi connectivity index (χ1) is 10.9. The van der Waals surface area contributed by atoms with E-state index in [2.05, 4.69) is 0 Å². The molecule has 6 heteroatoms. The summed E-state index contributed by atoms with van der Waals surface area (Å²) in [7, 11) is 0. The molecule has 2 rings (SSSR count). The average molecular weight is 316 g/mol.